The number of aliphatic hydroxyl groups is 2. The summed E-state index contributed by atoms with van der Waals surface area (Å²) in [5.41, 5.74) is 1.99. The van der Waals surface area contributed by atoms with Crippen LogP contribution in [0.2, 0.25) is 0 Å². The van der Waals surface area contributed by atoms with E-state index in [0.29, 0.717) is 6.42 Å². The Balaban J connectivity index is 2.00. The Labute approximate surface area is 169 Å². The quantitative estimate of drug-likeness (QED) is 0.663. The smallest absolute Gasteiger partial charge is 0.185 e. The highest BCUT2D eigenvalue weighted by Crippen LogP contribution is 2.64. The Morgan fingerprint density at radius 3 is 2.32 bits per heavy atom. The molecule has 160 valence electrons. The first-order valence-corrected chi connectivity index (χ1v) is 10.8. The number of rotatable bonds is 6. The van der Waals surface area contributed by atoms with Gasteiger partial charge in [-0.1, -0.05) is 59.3 Å². The van der Waals surface area contributed by atoms with Crippen molar-refractivity contribution < 1.29 is 24.4 Å². The van der Waals surface area contributed by atoms with E-state index in [0.717, 1.165) is 17.6 Å². The molecule has 4 fully saturated rings. The third-order valence-corrected chi connectivity index (χ3v) is 7.59. The molecule has 28 heavy (non-hydrogen) atoms. The fraction of sp³-hybridized carbons (Fsp3) is 0.826. The molecule has 0 spiro atoms. The van der Waals surface area contributed by atoms with Crippen molar-refractivity contribution in [2.45, 2.75) is 97.8 Å². The Bertz CT molecular complexity index is 662. The number of allylic oxidation sites excluding steroid dienone is 3. The fourth-order valence-corrected chi connectivity index (χ4v) is 5.67. The molecule has 0 amide bonds. The molecule has 5 heteroatoms. The van der Waals surface area contributed by atoms with Crippen LogP contribution in [0.4, 0.5) is 0 Å². The molecule has 0 unspecified atom stereocenters. The molecule has 5 nitrogen and oxygen atoms in total. The summed E-state index contributed by atoms with van der Waals surface area (Å²) in [6.45, 7) is 16.0. The van der Waals surface area contributed by atoms with Gasteiger partial charge in [0.05, 0.1) is 18.1 Å². The van der Waals surface area contributed by atoms with E-state index < -0.39 is 29.4 Å². The number of ether oxygens (including phenoxy) is 3. The lowest BCUT2D eigenvalue weighted by Crippen LogP contribution is -2.83. The van der Waals surface area contributed by atoms with Crippen LogP contribution in [0.3, 0.4) is 0 Å². The van der Waals surface area contributed by atoms with Crippen molar-refractivity contribution >= 4 is 0 Å². The number of aliphatic hydroxyl groups excluding tert-OH is 1. The molecule has 4 rings (SSSR count). The van der Waals surface area contributed by atoms with Crippen molar-refractivity contribution in [2.75, 3.05) is 0 Å². The molecule has 4 aliphatic rings. The molecular formula is C23H38O5. The molecule has 4 bridgehead atoms. The average molecular weight is 395 g/mol. The van der Waals surface area contributed by atoms with Gasteiger partial charge in [0, 0.05) is 17.8 Å². The lowest BCUT2D eigenvalue weighted by Gasteiger charge is -2.72. The van der Waals surface area contributed by atoms with E-state index in [2.05, 4.69) is 19.9 Å². The first-order chi connectivity index (χ1) is 13.0. The van der Waals surface area contributed by atoms with E-state index in [1.807, 2.05) is 47.6 Å². The zero-order chi connectivity index (χ0) is 21.1. The first kappa shape index (κ1) is 22.0. The van der Waals surface area contributed by atoms with Crippen LogP contribution in [0.1, 0.15) is 68.2 Å². The van der Waals surface area contributed by atoms with Crippen LogP contribution < -0.4 is 0 Å². The molecule has 0 saturated carbocycles. The van der Waals surface area contributed by atoms with Gasteiger partial charge >= 0.3 is 0 Å². The molecule has 0 aromatic carbocycles. The summed E-state index contributed by atoms with van der Waals surface area (Å²) in [6.07, 6.45) is 4.80. The summed E-state index contributed by atoms with van der Waals surface area (Å²) in [5, 5.41) is 22.7. The predicted octanol–water partition coefficient (Wildman–Crippen LogP) is 4.14. The van der Waals surface area contributed by atoms with Crippen molar-refractivity contribution in [3.05, 3.63) is 23.3 Å². The van der Waals surface area contributed by atoms with Crippen LogP contribution in [0.15, 0.2) is 23.3 Å². The Hall–Kier alpha value is -0.720. The molecular weight excluding hydrogens is 356 g/mol. The SMILES string of the molecule is CC/C=C(C)/C=C(\C)[C@H](O)[C@H](C)[C@]12O[C@H]3[C@@H](C)[C@](O)(O[C@@](CC)(O1)[C@H]3C)[C@@H]2C. The van der Waals surface area contributed by atoms with E-state index >= 15 is 0 Å². The molecule has 2 N–H and O–H groups in total. The fourth-order valence-electron chi connectivity index (χ4n) is 5.67. The van der Waals surface area contributed by atoms with Crippen LogP contribution in [-0.2, 0) is 14.2 Å². The lowest BCUT2D eigenvalue weighted by molar-refractivity contribution is -0.593. The van der Waals surface area contributed by atoms with Gasteiger partial charge in [0.15, 0.2) is 17.4 Å². The van der Waals surface area contributed by atoms with Crippen LogP contribution in [0.25, 0.3) is 0 Å². The van der Waals surface area contributed by atoms with Gasteiger partial charge in [-0.25, -0.2) is 0 Å². The standard InChI is InChI=1S/C23H38O5/c1-9-11-13(3)12-14(4)19(24)15(5)23-18(8)22(25)17(7)20(26-23)16(6)21(10-2,27-22)28-23/h11-12,15-20,24-25H,9-10H2,1-8H3/b13-11+,14-12+/t15-,16-,17+,18-,19-,20+,21-,22-,23-/m0/s1. The summed E-state index contributed by atoms with van der Waals surface area (Å²) in [4.78, 5) is 0. The lowest BCUT2D eigenvalue weighted by atomic mass is 9.64. The first-order valence-electron chi connectivity index (χ1n) is 10.8. The normalized spacial score (nSPS) is 48.1. The van der Waals surface area contributed by atoms with Gasteiger partial charge in [0.25, 0.3) is 0 Å². The van der Waals surface area contributed by atoms with Crippen LogP contribution in [0, 0.1) is 23.7 Å². The van der Waals surface area contributed by atoms with Gasteiger partial charge in [-0.15, -0.1) is 0 Å². The molecule has 4 saturated heterocycles. The zero-order valence-electron chi connectivity index (χ0n) is 18.7. The monoisotopic (exact) mass is 394 g/mol. The Morgan fingerprint density at radius 1 is 1.11 bits per heavy atom. The molecule has 4 heterocycles. The Morgan fingerprint density at radius 2 is 1.75 bits per heavy atom. The molecule has 0 aliphatic carbocycles. The maximum atomic E-state index is 11.5. The summed E-state index contributed by atoms with van der Waals surface area (Å²) >= 11 is 0. The van der Waals surface area contributed by atoms with Gasteiger partial charge in [-0.3, -0.25) is 0 Å². The third-order valence-electron chi connectivity index (χ3n) is 7.59. The second kappa shape index (κ2) is 7.21. The van der Waals surface area contributed by atoms with Crippen LogP contribution >= 0.6 is 0 Å². The van der Waals surface area contributed by atoms with Crippen LogP contribution in [-0.4, -0.2) is 39.8 Å². The largest absolute Gasteiger partial charge is 0.388 e. The highest BCUT2D eigenvalue weighted by atomic mass is 16.9. The predicted molar refractivity (Wildman–Crippen MR) is 108 cm³/mol. The van der Waals surface area contributed by atoms with Crippen molar-refractivity contribution in [1.82, 2.24) is 0 Å². The topological polar surface area (TPSA) is 68.2 Å². The van der Waals surface area contributed by atoms with E-state index in [1.165, 1.54) is 0 Å². The second-order valence-electron chi connectivity index (χ2n) is 9.20. The molecule has 4 aliphatic heterocycles. The maximum absolute atomic E-state index is 11.5. The van der Waals surface area contributed by atoms with E-state index in [-0.39, 0.29) is 23.9 Å². The van der Waals surface area contributed by atoms with Crippen molar-refractivity contribution in [1.29, 1.82) is 0 Å². The van der Waals surface area contributed by atoms with Gasteiger partial charge in [-0.05, 0) is 32.3 Å². The number of hydrogen-bond acceptors (Lipinski definition) is 5. The maximum Gasteiger partial charge on any atom is 0.185 e. The van der Waals surface area contributed by atoms with Gasteiger partial charge in [-0.2, -0.15) is 0 Å². The molecule has 0 aromatic rings. The van der Waals surface area contributed by atoms with E-state index in [4.69, 9.17) is 14.2 Å². The summed E-state index contributed by atoms with van der Waals surface area (Å²) < 4.78 is 19.4. The minimum atomic E-state index is -1.33. The van der Waals surface area contributed by atoms with Crippen molar-refractivity contribution in [3.63, 3.8) is 0 Å². The van der Waals surface area contributed by atoms with Gasteiger partial charge in [0.2, 0.25) is 0 Å². The van der Waals surface area contributed by atoms with Gasteiger partial charge < -0.3 is 24.4 Å². The number of hydrogen-bond donors (Lipinski definition) is 2. The summed E-state index contributed by atoms with van der Waals surface area (Å²) in [6, 6.07) is 0. The Kier molecular flexibility index (Phi) is 5.66. The second-order valence-corrected chi connectivity index (χ2v) is 9.20. The highest BCUT2D eigenvalue weighted by Gasteiger charge is 2.76. The molecule has 0 radical (unpaired) electrons. The molecule has 9 atom stereocenters. The summed E-state index contributed by atoms with van der Waals surface area (Å²) in [5.74, 6) is -4.26. The summed E-state index contributed by atoms with van der Waals surface area (Å²) in [7, 11) is 0. The third kappa shape index (κ3) is 2.85. The van der Waals surface area contributed by atoms with Crippen molar-refractivity contribution in [3.8, 4) is 0 Å². The minimum Gasteiger partial charge on any atom is -0.388 e. The average Bonchev–Trinajstić information content (AvgIpc) is 2.65. The van der Waals surface area contributed by atoms with Crippen molar-refractivity contribution in [2.24, 2.45) is 23.7 Å². The van der Waals surface area contributed by atoms with Gasteiger partial charge in [0.1, 0.15) is 0 Å². The minimum absolute atomic E-state index is 0.00381. The zero-order valence-corrected chi connectivity index (χ0v) is 18.7. The van der Waals surface area contributed by atoms with E-state index in [1.54, 1.807) is 0 Å². The van der Waals surface area contributed by atoms with E-state index in [9.17, 15) is 10.2 Å². The van der Waals surface area contributed by atoms with Crippen LogP contribution in [0.5, 0.6) is 0 Å². The molecule has 0 aromatic heterocycles. The highest BCUT2D eigenvalue weighted by molar-refractivity contribution is 5.24.